The van der Waals surface area contributed by atoms with E-state index in [4.69, 9.17) is 11.6 Å². The fraction of sp³-hybridized carbons (Fsp3) is 0.692. The number of hydrogen-bond donors (Lipinski definition) is 0. The van der Waals surface area contributed by atoms with Crippen molar-refractivity contribution in [2.75, 3.05) is 26.2 Å². The molecule has 0 aliphatic carbocycles. The summed E-state index contributed by atoms with van der Waals surface area (Å²) in [4.78, 5) is 3.47. The molecule has 1 atom stereocenters. The Kier molecular flexibility index (Phi) is 5.13. The first-order valence-electron chi connectivity index (χ1n) is 6.79. The molecule has 1 saturated heterocycles. The predicted octanol–water partition coefficient (Wildman–Crippen LogP) is 2.51. The van der Waals surface area contributed by atoms with Crippen molar-refractivity contribution >= 4 is 33.0 Å². The molecule has 0 N–H and O–H groups in total. The maximum absolute atomic E-state index is 12.8. The Hall–Kier alpha value is -0.140. The molecule has 1 aliphatic rings. The average molecular weight is 337 g/mol. The number of piperazine rings is 1. The third-order valence-corrected chi connectivity index (χ3v) is 7.60. The van der Waals surface area contributed by atoms with Gasteiger partial charge in [0.2, 0.25) is 10.0 Å². The summed E-state index contributed by atoms with van der Waals surface area (Å²) < 4.78 is 27.3. The normalized spacial score (nSPS) is 22.3. The van der Waals surface area contributed by atoms with Crippen molar-refractivity contribution < 1.29 is 8.42 Å². The molecule has 4 nitrogen and oxygen atoms in total. The standard InChI is InChI=1S/C13H21ClN2O2S2/c1-4-15-5-6-16(8-11(15)3)20(17,18)13-10(2)9-19-12(13)7-14/h9,11H,4-8H2,1-3H3. The van der Waals surface area contributed by atoms with Crippen LogP contribution in [0, 0.1) is 6.92 Å². The molecule has 1 aliphatic heterocycles. The maximum atomic E-state index is 12.8. The molecule has 1 aromatic rings. The Morgan fingerprint density at radius 1 is 1.45 bits per heavy atom. The first-order valence-corrected chi connectivity index (χ1v) is 9.64. The monoisotopic (exact) mass is 336 g/mol. The van der Waals surface area contributed by atoms with Gasteiger partial charge in [-0.25, -0.2) is 8.42 Å². The zero-order valence-corrected chi connectivity index (χ0v) is 14.5. The van der Waals surface area contributed by atoms with Crippen LogP contribution in [0.4, 0.5) is 0 Å². The summed E-state index contributed by atoms with van der Waals surface area (Å²) in [5, 5.41) is 1.87. The second kappa shape index (κ2) is 6.32. The van der Waals surface area contributed by atoms with Gasteiger partial charge in [0.05, 0.1) is 5.88 Å². The molecule has 0 radical (unpaired) electrons. The maximum Gasteiger partial charge on any atom is 0.244 e. The SMILES string of the molecule is CCN1CCN(S(=O)(=O)c2c(C)csc2CCl)CC1C. The number of halogens is 1. The minimum absolute atomic E-state index is 0.248. The molecule has 1 aromatic heterocycles. The number of sulfonamides is 1. The molecule has 7 heteroatoms. The predicted molar refractivity (Wildman–Crippen MR) is 84.1 cm³/mol. The molecule has 0 aromatic carbocycles. The summed E-state index contributed by atoms with van der Waals surface area (Å²) in [6.45, 7) is 8.87. The topological polar surface area (TPSA) is 40.6 Å². The number of thiophene rings is 1. The van der Waals surface area contributed by atoms with Crippen LogP contribution in [0.1, 0.15) is 24.3 Å². The summed E-state index contributed by atoms with van der Waals surface area (Å²) in [7, 11) is -3.42. The van der Waals surface area contributed by atoms with Gasteiger partial charge in [0.15, 0.2) is 0 Å². The molecule has 114 valence electrons. The van der Waals surface area contributed by atoms with Crippen LogP contribution >= 0.6 is 22.9 Å². The number of nitrogens with zero attached hydrogens (tertiary/aromatic N) is 2. The highest BCUT2D eigenvalue weighted by atomic mass is 35.5. The molecule has 2 heterocycles. The highest BCUT2D eigenvalue weighted by molar-refractivity contribution is 7.89. The Morgan fingerprint density at radius 2 is 2.15 bits per heavy atom. The Bertz CT molecular complexity index is 571. The van der Waals surface area contributed by atoms with Crippen molar-refractivity contribution in [1.82, 2.24) is 9.21 Å². The largest absolute Gasteiger partial charge is 0.298 e. The average Bonchev–Trinajstić information content (AvgIpc) is 2.80. The molecule has 1 unspecified atom stereocenters. The number of aryl methyl sites for hydroxylation is 1. The quantitative estimate of drug-likeness (QED) is 0.793. The summed E-state index contributed by atoms with van der Waals surface area (Å²) in [5.41, 5.74) is 0.802. The zero-order valence-electron chi connectivity index (χ0n) is 12.1. The summed E-state index contributed by atoms with van der Waals surface area (Å²) in [6.07, 6.45) is 0. The number of likely N-dealkylation sites (N-methyl/N-ethyl adjacent to an activating group) is 1. The molecule has 1 fully saturated rings. The fourth-order valence-electron chi connectivity index (χ4n) is 2.70. The Balaban J connectivity index is 2.30. The molecule has 0 spiro atoms. The van der Waals surface area contributed by atoms with E-state index >= 15 is 0 Å². The van der Waals surface area contributed by atoms with Crippen LogP contribution in [0.15, 0.2) is 10.3 Å². The minimum atomic E-state index is -3.42. The van der Waals surface area contributed by atoms with Gasteiger partial charge in [-0.05, 0) is 31.3 Å². The summed E-state index contributed by atoms with van der Waals surface area (Å²) in [6, 6.07) is 0.252. The molecule has 0 saturated carbocycles. The van der Waals surface area contributed by atoms with Crippen molar-refractivity contribution in [2.45, 2.75) is 37.6 Å². The molecule has 20 heavy (non-hydrogen) atoms. The van der Waals surface area contributed by atoms with Crippen LogP contribution in [0.5, 0.6) is 0 Å². The van der Waals surface area contributed by atoms with E-state index in [2.05, 4.69) is 18.7 Å². The Morgan fingerprint density at radius 3 is 2.70 bits per heavy atom. The van der Waals surface area contributed by atoms with Gasteiger partial charge in [-0.3, -0.25) is 4.90 Å². The van der Waals surface area contributed by atoms with E-state index < -0.39 is 10.0 Å². The number of hydrogen-bond acceptors (Lipinski definition) is 4. The van der Waals surface area contributed by atoms with E-state index in [1.165, 1.54) is 11.3 Å². The highest BCUT2D eigenvalue weighted by Gasteiger charge is 2.34. The van der Waals surface area contributed by atoms with Crippen molar-refractivity contribution in [3.05, 3.63) is 15.8 Å². The van der Waals surface area contributed by atoms with Gasteiger partial charge in [-0.1, -0.05) is 6.92 Å². The van der Waals surface area contributed by atoms with Crippen LogP contribution in [0.2, 0.25) is 0 Å². The van der Waals surface area contributed by atoms with E-state index in [0.717, 1.165) is 23.5 Å². The van der Waals surface area contributed by atoms with E-state index in [1.807, 2.05) is 12.3 Å². The lowest BCUT2D eigenvalue weighted by molar-refractivity contribution is 0.135. The highest BCUT2D eigenvalue weighted by Crippen LogP contribution is 2.31. The lowest BCUT2D eigenvalue weighted by Crippen LogP contribution is -2.53. The van der Waals surface area contributed by atoms with E-state index in [0.29, 0.717) is 18.0 Å². The van der Waals surface area contributed by atoms with Crippen molar-refractivity contribution in [2.24, 2.45) is 0 Å². The second-order valence-electron chi connectivity index (χ2n) is 5.15. The van der Waals surface area contributed by atoms with Gasteiger partial charge in [0.25, 0.3) is 0 Å². The van der Waals surface area contributed by atoms with Gasteiger partial charge in [-0.15, -0.1) is 22.9 Å². The van der Waals surface area contributed by atoms with Crippen LogP contribution in [0.25, 0.3) is 0 Å². The molecular formula is C13H21ClN2O2S2. The third-order valence-electron chi connectivity index (χ3n) is 3.84. The van der Waals surface area contributed by atoms with Crippen LogP contribution < -0.4 is 0 Å². The number of alkyl halides is 1. The van der Waals surface area contributed by atoms with E-state index in [9.17, 15) is 8.42 Å². The first-order chi connectivity index (χ1) is 9.41. The van der Waals surface area contributed by atoms with Gasteiger partial charge in [-0.2, -0.15) is 4.31 Å². The smallest absolute Gasteiger partial charge is 0.244 e. The minimum Gasteiger partial charge on any atom is -0.298 e. The van der Waals surface area contributed by atoms with Crippen LogP contribution in [0.3, 0.4) is 0 Å². The summed E-state index contributed by atoms with van der Waals surface area (Å²) in [5.74, 6) is 0.248. The second-order valence-corrected chi connectivity index (χ2v) is 8.25. The molecule has 2 rings (SSSR count). The third kappa shape index (κ3) is 2.90. The zero-order chi connectivity index (χ0) is 14.9. The molecular weight excluding hydrogens is 316 g/mol. The van der Waals surface area contributed by atoms with Gasteiger partial charge in [0, 0.05) is 30.6 Å². The van der Waals surface area contributed by atoms with Gasteiger partial charge < -0.3 is 0 Å². The summed E-state index contributed by atoms with van der Waals surface area (Å²) >= 11 is 7.31. The Labute approximate surface area is 130 Å². The lowest BCUT2D eigenvalue weighted by atomic mass is 10.2. The molecule has 0 amide bonds. The van der Waals surface area contributed by atoms with Crippen molar-refractivity contribution in [1.29, 1.82) is 0 Å². The van der Waals surface area contributed by atoms with Crippen LogP contribution in [-0.4, -0.2) is 49.8 Å². The van der Waals surface area contributed by atoms with Crippen molar-refractivity contribution in [3.63, 3.8) is 0 Å². The number of rotatable bonds is 4. The lowest BCUT2D eigenvalue weighted by Gasteiger charge is -2.38. The first kappa shape index (κ1) is 16.2. The molecule has 0 bridgehead atoms. The van der Waals surface area contributed by atoms with Crippen LogP contribution in [-0.2, 0) is 15.9 Å². The van der Waals surface area contributed by atoms with E-state index in [-0.39, 0.29) is 11.9 Å². The van der Waals surface area contributed by atoms with Gasteiger partial charge in [0.1, 0.15) is 4.90 Å². The fourth-order valence-corrected chi connectivity index (χ4v) is 6.23. The van der Waals surface area contributed by atoms with E-state index in [1.54, 1.807) is 4.31 Å². The van der Waals surface area contributed by atoms with Gasteiger partial charge >= 0.3 is 0 Å². The van der Waals surface area contributed by atoms with Crippen molar-refractivity contribution in [3.8, 4) is 0 Å².